The van der Waals surface area contributed by atoms with Crippen molar-refractivity contribution >= 4 is 22.4 Å². The first-order valence-electron chi connectivity index (χ1n) is 6.60. The maximum atomic E-state index is 11.5. The minimum atomic E-state index is -0.978. The highest BCUT2D eigenvalue weighted by molar-refractivity contribution is 5.81. The summed E-state index contributed by atoms with van der Waals surface area (Å²) in [6, 6.07) is 3.06. The summed E-state index contributed by atoms with van der Waals surface area (Å²) in [5.74, 6) is 0. The van der Waals surface area contributed by atoms with Crippen molar-refractivity contribution in [2.24, 2.45) is 0 Å². The molecule has 25 heavy (non-hydrogen) atoms. The van der Waals surface area contributed by atoms with Crippen LogP contribution in [0.15, 0.2) is 45.0 Å². The maximum absolute atomic E-state index is 11.5. The van der Waals surface area contributed by atoms with E-state index < -0.39 is 37.8 Å². The molecule has 3 rings (SSSR count). The van der Waals surface area contributed by atoms with Crippen molar-refractivity contribution in [3.63, 3.8) is 0 Å². The Balaban J connectivity index is 2.38. The molecule has 3 aromatic rings. The zero-order chi connectivity index (χ0) is 18.3. The van der Waals surface area contributed by atoms with E-state index in [1.54, 1.807) is 0 Å². The van der Waals surface area contributed by atoms with Gasteiger partial charge >= 0.3 is 16.8 Å². The molecule has 12 heteroatoms. The number of fused-ring (bicyclic) bond motifs is 1. The number of nitrogens with zero attached hydrogens (tertiary/aromatic N) is 3. The molecule has 0 atom stereocenters. The van der Waals surface area contributed by atoms with Crippen molar-refractivity contribution in [1.82, 2.24) is 14.5 Å². The third-order valence-corrected chi connectivity index (χ3v) is 3.39. The van der Waals surface area contributed by atoms with Crippen molar-refractivity contribution < 1.29 is 9.85 Å². The summed E-state index contributed by atoms with van der Waals surface area (Å²) in [4.78, 5) is 59.2. The number of aromatic nitrogens is 3. The topological polar surface area (TPSA) is 174 Å². The smallest absolute Gasteiger partial charge is 0.316 e. The van der Waals surface area contributed by atoms with Gasteiger partial charge in [-0.1, -0.05) is 0 Å². The van der Waals surface area contributed by atoms with Crippen LogP contribution in [-0.4, -0.2) is 24.4 Å². The van der Waals surface area contributed by atoms with Gasteiger partial charge in [-0.3, -0.25) is 34.6 Å². The second-order valence-corrected chi connectivity index (χ2v) is 4.91. The van der Waals surface area contributed by atoms with Crippen LogP contribution in [0.2, 0.25) is 0 Å². The molecule has 126 valence electrons. The highest BCUT2D eigenvalue weighted by atomic mass is 16.6. The summed E-state index contributed by atoms with van der Waals surface area (Å²) in [6.45, 7) is 0. The average molecular weight is 345 g/mol. The fourth-order valence-corrected chi connectivity index (χ4v) is 2.25. The predicted molar refractivity (Wildman–Crippen MR) is 84.1 cm³/mol. The number of hydrogen-bond acceptors (Lipinski definition) is 7. The number of nitro benzene ring substituents is 1. The van der Waals surface area contributed by atoms with Gasteiger partial charge in [0.2, 0.25) is 0 Å². The number of nitro groups is 2. The fraction of sp³-hybridized carbons (Fsp3) is 0. The first kappa shape index (κ1) is 15.8. The minimum absolute atomic E-state index is 0.00981. The second-order valence-electron chi connectivity index (χ2n) is 4.91. The largest absolute Gasteiger partial charge is 0.332 e. The summed E-state index contributed by atoms with van der Waals surface area (Å²) in [6.07, 6.45) is 1.95. The van der Waals surface area contributed by atoms with E-state index in [4.69, 9.17) is 0 Å². The number of benzene rings is 1. The molecule has 0 bridgehead atoms. The third-order valence-electron chi connectivity index (χ3n) is 3.39. The molecule has 1 aromatic carbocycles. The average Bonchev–Trinajstić information content (AvgIpc) is 2.55. The molecule has 0 unspecified atom stereocenters. The molecule has 0 aliphatic heterocycles. The Morgan fingerprint density at radius 2 is 1.44 bits per heavy atom. The monoisotopic (exact) mass is 345 g/mol. The van der Waals surface area contributed by atoms with Gasteiger partial charge in [0.1, 0.15) is 5.69 Å². The molecule has 0 spiro atoms. The molecule has 0 aliphatic rings. The van der Waals surface area contributed by atoms with E-state index in [0.717, 1.165) is 29.1 Å². The van der Waals surface area contributed by atoms with E-state index in [2.05, 4.69) is 9.97 Å². The van der Waals surface area contributed by atoms with Crippen LogP contribution in [0.5, 0.6) is 0 Å². The number of H-pyrrole nitrogens is 2. The van der Waals surface area contributed by atoms with Crippen molar-refractivity contribution in [3.05, 3.63) is 81.8 Å². The van der Waals surface area contributed by atoms with Gasteiger partial charge in [-0.2, -0.15) is 0 Å². The van der Waals surface area contributed by atoms with Gasteiger partial charge in [-0.25, -0.2) is 0 Å². The van der Waals surface area contributed by atoms with Crippen molar-refractivity contribution in [3.8, 4) is 5.69 Å². The first-order chi connectivity index (χ1) is 11.8. The number of rotatable bonds is 3. The molecule has 2 aromatic heterocycles. The first-order valence-corrected chi connectivity index (χ1v) is 6.60. The molecule has 2 N–H and O–H groups in total. The molecule has 12 nitrogen and oxygen atoms in total. The van der Waals surface area contributed by atoms with Gasteiger partial charge in [0.05, 0.1) is 27.1 Å². The molecule has 0 radical (unpaired) electrons. The van der Waals surface area contributed by atoms with Crippen LogP contribution in [-0.2, 0) is 0 Å². The Kier molecular flexibility index (Phi) is 3.49. The number of pyridine rings is 1. The van der Waals surface area contributed by atoms with Gasteiger partial charge < -0.3 is 14.5 Å². The predicted octanol–water partition coefficient (Wildman–Crippen LogP) is 0.184. The van der Waals surface area contributed by atoms with Gasteiger partial charge in [-0.05, 0) is 6.07 Å². The lowest BCUT2D eigenvalue weighted by molar-refractivity contribution is -0.386. The molecule has 0 fully saturated rings. The van der Waals surface area contributed by atoms with E-state index in [1.807, 2.05) is 0 Å². The van der Waals surface area contributed by atoms with Crippen LogP contribution in [0.25, 0.3) is 16.7 Å². The normalized spacial score (nSPS) is 10.7. The van der Waals surface area contributed by atoms with Gasteiger partial charge in [-0.15, -0.1) is 0 Å². The van der Waals surface area contributed by atoms with Crippen LogP contribution in [0.3, 0.4) is 0 Å². The molecule has 2 heterocycles. The maximum Gasteiger partial charge on any atom is 0.332 e. The van der Waals surface area contributed by atoms with E-state index >= 15 is 0 Å². The number of aromatic amines is 2. The second kappa shape index (κ2) is 5.52. The SMILES string of the molecule is O=c1ccn(-c2cc3[nH]c(=O)c(=O)[nH]c3cc2[N+](=O)[O-])cc1[N+](=O)[O-]. The lowest BCUT2D eigenvalue weighted by atomic mass is 10.2. The molecule has 0 aliphatic carbocycles. The fourth-order valence-electron chi connectivity index (χ4n) is 2.25. The molecule has 0 amide bonds. The third kappa shape index (κ3) is 2.67. The quantitative estimate of drug-likeness (QED) is 0.386. The van der Waals surface area contributed by atoms with E-state index in [-0.39, 0.29) is 16.7 Å². The van der Waals surface area contributed by atoms with Crippen LogP contribution in [0, 0.1) is 20.2 Å². The Morgan fingerprint density at radius 1 is 0.880 bits per heavy atom. The van der Waals surface area contributed by atoms with Crippen molar-refractivity contribution in [1.29, 1.82) is 0 Å². The van der Waals surface area contributed by atoms with Crippen LogP contribution in [0.1, 0.15) is 0 Å². The zero-order valence-corrected chi connectivity index (χ0v) is 12.1. The van der Waals surface area contributed by atoms with Crippen molar-refractivity contribution in [2.45, 2.75) is 0 Å². The van der Waals surface area contributed by atoms with Gasteiger partial charge in [0, 0.05) is 18.3 Å². The van der Waals surface area contributed by atoms with E-state index in [0.29, 0.717) is 0 Å². The Bertz CT molecular complexity index is 1220. The van der Waals surface area contributed by atoms with Crippen LogP contribution in [0.4, 0.5) is 11.4 Å². The Labute approximate surface area is 135 Å². The minimum Gasteiger partial charge on any atom is -0.316 e. The van der Waals surface area contributed by atoms with E-state index in [9.17, 15) is 34.6 Å². The Morgan fingerprint density at radius 3 is 2.00 bits per heavy atom. The highest BCUT2D eigenvalue weighted by Gasteiger charge is 2.20. The lowest BCUT2D eigenvalue weighted by Crippen LogP contribution is -2.29. The summed E-state index contributed by atoms with van der Waals surface area (Å²) >= 11 is 0. The summed E-state index contributed by atoms with van der Waals surface area (Å²) in [5.41, 5.74) is -4.11. The Hall–Kier alpha value is -4.09. The highest BCUT2D eigenvalue weighted by Crippen LogP contribution is 2.26. The standard InChI is InChI=1S/C13H7N5O7/c19-11-1-2-16(5-10(11)18(24)25)8-3-6-7(4-9(8)17(22)23)15-13(21)12(20)14-6/h1-5H,(H,14,20)(H,15,21). The summed E-state index contributed by atoms with van der Waals surface area (Å²) < 4.78 is 1.01. The summed E-state index contributed by atoms with van der Waals surface area (Å²) in [5, 5.41) is 22.2. The number of nitrogens with one attached hydrogen (secondary N) is 2. The lowest BCUT2D eigenvalue weighted by Gasteiger charge is -2.08. The van der Waals surface area contributed by atoms with Crippen LogP contribution < -0.4 is 16.5 Å². The summed E-state index contributed by atoms with van der Waals surface area (Å²) in [7, 11) is 0. The molecular formula is C13H7N5O7. The molecule has 0 saturated heterocycles. The molecular weight excluding hydrogens is 338 g/mol. The zero-order valence-electron chi connectivity index (χ0n) is 12.1. The van der Waals surface area contributed by atoms with Gasteiger partial charge in [0.15, 0.2) is 0 Å². The number of hydrogen-bond donors (Lipinski definition) is 2. The van der Waals surface area contributed by atoms with Gasteiger partial charge in [0.25, 0.3) is 11.1 Å². The molecule has 0 saturated carbocycles. The van der Waals surface area contributed by atoms with E-state index in [1.165, 1.54) is 6.07 Å². The van der Waals surface area contributed by atoms with Crippen molar-refractivity contribution in [2.75, 3.05) is 0 Å². The van der Waals surface area contributed by atoms with Crippen LogP contribution >= 0.6 is 0 Å².